The minimum absolute atomic E-state index is 0.0646. The van der Waals surface area contributed by atoms with Crippen molar-refractivity contribution in [1.29, 1.82) is 0 Å². The van der Waals surface area contributed by atoms with Crippen molar-refractivity contribution in [3.63, 3.8) is 0 Å². The Labute approximate surface area is 131 Å². The van der Waals surface area contributed by atoms with Gasteiger partial charge in [0, 0.05) is 23.5 Å². The summed E-state index contributed by atoms with van der Waals surface area (Å²) in [5.74, 6) is 1.13. The van der Waals surface area contributed by atoms with Crippen molar-refractivity contribution in [3.05, 3.63) is 71.9 Å². The third-order valence-corrected chi connectivity index (χ3v) is 3.42. The summed E-state index contributed by atoms with van der Waals surface area (Å²) in [7, 11) is 1.59. The van der Waals surface area contributed by atoms with Gasteiger partial charge < -0.3 is 10.1 Å². The van der Waals surface area contributed by atoms with E-state index >= 15 is 0 Å². The van der Waals surface area contributed by atoms with Crippen molar-refractivity contribution in [2.75, 3.05) is 12.4 Å². The van der Waals surface area contributed by atoms with Gasteiger partial charge in [-0.3, -0.25) is 4.79 Å². The van der Waals surface area contributed by atoms with Gasteiger partial charge >= 0.3 is 0 Å². The molecule has 2 aromatic rings. The Kier molecular flexibility index (Phi) is 5.37. The molecule has 0 aliphatic carbocycles. The van der Waals surface area contributed by atoms with Crippen LogP contribution in [0.15, 0.2) is 60.8 Å². The Balaban J connectivity index is 1.98. The van der Waals surface area contributed by atoms with E-state index in [0.717, 1.165) is 5.69 Å². The second-order valence-electron chi connectivity index (χ2n) is 5.35. The van der Waals surface area contributed by atoms with E-state index in [-0.39, 0.29) is 5.78 Å². The van der Waals surface area contributed by atoms with Crippen LogP contribution in [0, 0.1) is 0 Å². The highest BCUT2D eigenvalue weighted by molar-refractivity contribution is 6.04. The smallest absolute Gasteiger partial charge is 0.187 e. The highest BCUT2D eigenvalue weighted by atomic mass is 16.5. The Morgan fingerprint density at radius 2 is 1.86 bits per heavy atom. The van der Waals surface area contributed by atoms with Crippen LogP contribution in [0.4, 0.5) is 5.69 Å². The number of carbonyl (C=O) groups is 1. The fraction of sp³-hybridized carbons (Fsp3) is 0.211. The van der Waals surface area contributed by atoms with E-state index in [1.54, 1.807) is 31.5 Å². The zero-order valence-corrected chi connectivity index (χ0v) is 13.2. The van der Waals surface area contributed by atoms with E-state index in [0.29, 0.717) is 17.2 Å². The number of ether oxygens (including phenoxy) is 1. The van der Waals surface area contributed by atoms with Crippen molar-refractivity contribution in [2.24, 2.45) is 0 Å². The Hall–Kier alpha value is -2.55. The third kappa shape index (κ3) is 4.22. The zero-order valence-electron chi connectivity index (χ0n) is 13.2. The molecule has 2 rings (SSSR count). The summed E-state index contributed by atoms with van der Waals surface area (Å²) in [6.07, 6.45) is 3.18. The largest absolute Gasteiger partial charge is 0.497 e. The van der Waals surface area contributed by atoms with Gasteiger partial charge in [-0.1, -0.05) is 38.1 Å². The van der Waals surface area contributed by atoms with Crippen LogP contribution >= 0.6 is 0 Å². The van der Waals surface area contributed by atoms with Crippen molar-refractivity contribution in [2.45, 2.75) is 19.8 Å². The Bertz CT molecular complexity index is 657. The van der Waals surface area contributed by atoms with Crippen LogP contribution in [0.1, 0.15) is 35.7 Å². The molecular formula is C19H21NO2. The van der Waals surface area contributed by atoms with E-state index < -0.39 is 0 Å². The summed E-state index contributed by atoms with van der Waals surface area (Å²) in [5, 5.41) is 3.11. The lowest BCUT2D eigenvalue weighted by molar-refractivity contribution is 0.104. The van der Waals surface area contributed by atoms with Gasteiger partial charge in [0.15, 0.2) is 5.78 Å². The van der Waals surface area contributed by atoms with Crippen LogP contribution in [-0.2, 0) is 0 Å². The van der Waals surface area contributed by atoms with Crippen molar-refractivity contribution in [3.8, 4) is 5.75 Å². The van der Waals surface area contributed by atoms with Crippen LogP contribution in [0.3, 0.4) is 0 Å². The summed E-state index contributed by atoms with van der Waals surface area (Å²) in [6, 6.07) is 15.3. The lowest BCUT2D eigenvalue weighted by Crippen LogP contribution is -1.97. The summed E-state index contributed by atoms with van der Waals surface area (Å²) in [5.41, 5.74) is 2.86. The average Bonchev–Trinajstić information content (AvgIpc) is 2.55. The van der Waals surface area contributed by atoms with Crippen molar-refractivity contribution < 1.29 is 9.53 Å². The first-order chi connectivity index (χ1) is 10.6. The SMILES string of the molecule is COc1cccc(C(=O)/C=C/Nc2ccc(C(C)C)cc2)c1. The second kappa shape index (κ2) is 7.46. The third-order valence-electron chi connectivity index (χ3n) is 3.42. The number of rotatable bonds is 6. The number of carbonyl (C=O) groups excluding carboxylic acids is 1. The molecule has 0 unspecified atom stereocenters. The normalized spacial score (nSPS) is 10.9. The monoisotopic (exact) mass is 295 g/mol. The van der Waals surface area contributed by atoms with E-state index in [4.69, 9.17) is 4.74 Å². The lowest BCUT2D eigenvalue weighted by atomic mass is 10.0. The molecule has 0 spiro atoms. The van der Waals surface area contributed by atoms with Crippen LogP contribution in [-0.4, -0.2) is 12.9 Å². The highest BCUT2D eigenvalue weighted by Crippen LogP contribution is 2.17. The molecule has 2 aromatic carbocycles. The molecule has 0 fully saturated rings. The molecule has 0 radical (unpaired) electrons. The van der Waals surface area contributed by atoms with Gasteiger partial charge in [-0.05, 0) is 35.7 Å². The van der Waals surface area contributed by atoms with E-state index in [9.17, 15) is 4.79 Å². The molecule has 0 atom stereocenters. The highest BCUT2D eigenvalue weighted by Gasteiger charge is 2.03. The van der Waals surface area contributed by atoms with Crippen LogP contribution in [0.2, 0.25) is 0 Å². The molecule has 0 saturated heterocycles. The molecule has 0 bridgehead atoms. The number of anilines is 1. The number of nitrogens with one attached hydrogen (secondary N) is 1. The minimum Gasteiger partial charge on any atom is -0.497 e. The maximum Gasteiger partial charge on any atom is 0.187 e. The first-order valence-corrected chi connectivity index (χ1v) is 7.31. The number of hydrogen-bond donors (Lipinski definition) is 1. The standard InChI is InChI=1S/C19H21NO2/c1-14(2)15-7-9-17(10-8-15)20-12-11-19(21)16-5-4-6-18(13-16)22-3/h4-14,20H,1-3H3/b12-11+. The van der Waals surface area contributed by atoms with Crippen LogP contribution in [0.25, 0.3) is 0 Å². The average molecular weight is 295 g/mol. The molecular weight excluding hydrogens is 274 g/mol. The van der Waals surface area contributed by atoms with Gasteiger partial charge in [0.1, 0.15) is 5.75 Å². The van der Waals surface area contributed by atoms with Gasteiger partial charge in [-0.15, -0.1) is 0 Å². The molecule has 0 aromatic heterocycles. The van der Waals surface area contributed by atoms with Crippen molar-refractivity contribution >= 4 is 11.5 Å². The summed E-state index contributed by atoms with van der Waals surface area (Å²) < 4.78 is 5.12. The van der Waals surface area contributed by atoms with Gasteiger partial charge in [0.25, 0.3) is 0 Å². The number of allylic oxidation sites excluding steroid dienone is 1. The molecule has 3 heteroatoms. The quantitative estimate of drug-likeness (QED) is 0.624. The van der Waals surface area contributed by atoms with Crippen LogP contribution in [0.5, 0.6) is 5.75 Å². The lowest BCUT2D eigenvalue weighted by Gasteiger charge is -2.06. The second-order valence-corrected chi connectivity index (χ2v) is 5.35. The van der Waals surface area contributed by atoms with E-state index in [2.05, 4.69) is 31.3 Å². The van der Waals surface area contributed by atoms with E-state index in [1.807, 2.05) is 18.2 Å². The molecule has 3 nitrogen and oxygen atoms in total. The molecule has 0 aliphatic heterocycles. The summed E-state index contributed by atoms with van der Waals surface area (Å²) >= 11 is 0. The van der Waals surface area contributed by atoms with Gasteiger partial charge in [-0.2, -0.15) is 0 Å². The maximum atomic E-state index is 12.1. The van der Waals surface area contributed by atoms with Gasteiger partial charge in [0.2, 0.25) is 0 Å². The fourth-order valence-corrected chi connectivity index (χ4v) is 2.05. The molecule has 1 N–H and O–H groups in total. The fourth-order valence-electron chi connectivity index (χ4n) is 2.05. The number of benzene rings is 2. The Morgan fingerprint density at radius 1 is 1.14 bits per heavy atom. The maximum absolute atomic E-state index is 12.1. The Morgan fingerprint density at radius 3 is 2.50 bits per heavy atom. The first kappa shape index (κ1) is 15.8. The number of ketones is 1. The zero-order chi connectivity index (χ0) is 15.9. The molecule has 0 saturated carbocycles. The first-order valence-electron chi connectivity index (χ1n) is 7.31. The van der Waals surface area contributed by atoms with Gasteiger partial charge in [-0.25, -0.2) is 0 Å². The molecule has 0 heterocycles. The molecule has 0 aliphatic rings. The number of hydrogen-bond acceptors (Lipinski definition) is 3. The topological polar surface area (TPSA) is 38.3 Å². The van der Waals surface area contributed by atoms with Crippen LogP contribution < -0.4 is 10.1 Å². The predicted molar refractivity (Wildman–Crippen MR) is 90.6 cm³/mol. The van der Waals surface area contributed by atoms with Crippen molar-refractivity contribution in [1.82, 2.24) is 0 Å². The van der Waals surface area contributed by atoms with Gasteiger partial charge in [0.05, 0.1) is 7.11 Å². The summed E-state index contributed by atoms with van der Waals surface area (Å²) in [4.78, 5) is 12.1. The number of methoxy groups -OCH3 is 1. The summed E-state index contributed by atoms with van der Waals surface area (Å²) in [6.45, 7) is 4.32. The molecule has 114 valence electrons. The van der Waals surface area contributed by atoms with E-state index in [1.165, 1.54) is 11.6 Å². The molecule has 22 heavy (non-hydrogen) atoms. The molecule has 0 amide bonds. The minimum atomic E-state index is -0.0646. The predicted octanol–water partition coefficient (Wildman–Crippen LogP) is 4.63.